The van der Waals surface area contributed by atoms with Crippen molar-refractivity contribution in [3.8, 4) is 0 Å². The minimum atomic E-state index is -2.98. The van der Waals surface area contributed by atoms with Gasteiger partial charge in [-0.15, -0.1) is 0 Å². The highest BCUT2D eigenvalue weighted by atomic mass is 32.2. The monoisotopic (exact) mass is 220 g/mol. The molecule has 4 nitrogen and oxygen atoms in total. The van der Waals surface area contributed by atoms with Crippen LogP contribution in [0.3, 0.4) is 0 Å². The minimum absolute atomic E-state index is 0.182. The fourth-order valence-electron chi connectivity index (χ4n) is 1.86. The van der Waals surface area contributed by atoms with Gasteiger partial charge in [0.2, 0.25) is 10.0 Å². The number of nitrogens with zero attached hydrogens (tertiary/aromatic N) is 1. The summed E-state index contributed by atoms with van der Waals surface area (Å²) in [5.41, 5.74) is 5.79. The molecule has 0 aromatic carbocycles. The smallest absolute Gasteiger partial charge is 0.213 e. The van der Waals surface area contributed by atoms with Crippen molar-refractivity contribution in [1.82, 2.24) is 4.31 Å². The summed E-state index contributed by atoms with van der Waals surface area (Å²) < 4.78 is 24.6. The highest BCUT2D eigenvalue weighted by molar-refractivity contribution is 7.89. The predicted molar refractivity (Wildman–Crippen MR) is 57.4 cm³/mol. The molecule has 14 heavy (non-hydrogen) atoms. The fraction of sp³-hybridized carbons (Fsp3) is 1.00. The van der Waals surface area contributed by atoms with Crippen LogP contribution in [-0.4, -0.2) is 37.6 Å². The van der Waals surface area contributed by atoms with Crippen molar-refractivity contribution in [2.45, 2.75) is 32.7 Å². The number of hydrogen-bond acceptors (Lipinski definition) is 3. The summed E-state index contributed by atoms with van der Waals surface area (Å²) in [7, 11) is -2.98. The second-order valence-electron chi connectivity index (χ2n) is 4.00. The first-order chi connectivity index (χ1) is 6.47. The number of rotatable bonds is 3. The standard InChI is InChI=1S/C9H20N2O2S/c1-3-14(12,13)11-6-4-9(5-7-11)8(2)10/h8-9H,3-7,10H2,1-2H3. The molecule has 1 atom stereocenters. The van der Waals surface area contributed by atoms with Gasteiger partial charge in [-0.2, -0.15) is 0 Å². The molecule has 0 saturated carbocycles. The topological polar surface area (TPSA) is 63.4 Å². The van der Waals surface area contributed by atoms with E-state index in [1.165, 1.54) is 0 Å². The van der Waals surface area contributed by atoms with Crippen LogP contribution in [0.4, 0.5) is 0 Å². The third-order valence-electron chi connectivity index (χ3n) is 3.00. The maximum absolute atomic E-state index is 11.5. The Morgan fingerprint density at radius 1 is 1.43 bits per heavy atom. The van der Waals surface area contributed by atoms with Crippen molar-refractivity contribution in [2.24, 2.45) is 11.7 Å². The van der Waals surface area contributed by atoms with Gasteiger partial charge in [0, 0.05) is 19.1 Å². The van der Waals surface area contributed by atoms with Gasteiger partial charge in [0.05, 0.1) is 5.75 Å². The largest absolute Gasteiger partial charge is 0.328 e. The van der Waals surface area contributed by atoms with Crippen LogP contribution in [0.25, 0.3) is 0 Å². The molecule has 0 amide bonds. The third-order valence-corrected chi connectivity index (χ3v) is 4.88. The van der Waals surface area contributed by atoms with Crippen LogP contribution in [-0.2, 0) is 10.0 Å². The van der Waals surface area contributed by atoms with Crippen molar-refractivity contribution in [3.05, 3.63) is 0 Å². The van der Waals surface area contributed by atoms with E-state index in [1.807, 2.05) is 6.92 Å². The highest BCUT2D eigenvalue weighted by Crippen LogP contribution is 2.21. The summed E-state index contributed by atoms with van der Waals surface area (Å²) in [5.74, 6) is 0.689. The summed E-state index contributed by atoms with van der Waals surface area (Å²) in [6, 6.07) is 0.182. The second kappa shape index (κ2) is 4.59. The molecule has 0 aliphatic carbocycles. The van der Waals surface area contributed by atoms with E-state index < -0.39 is 10.0 Å². The summed E-state index contributed by atoms with van der Waals surface area (Å²) in [6.07, 6.45) is 1.80. The van der Waals surface area contributed by atoms with Crippen molar-refractivity contribution >= 4 is 10.0 Å². The zero-order valence-electron chi connectivity index (χ0n) is 8.94. The van der Waals surface area contributed by atoms with Crippen molar-refractivity contribution in [2.75, 3.05) is 18.8 Å². The summed E-state index contributed by atoms with van der Waals surface area (Å²) in [5, 5.41) is 0. The van der Waals surface area contributed by atoms with E-state index in [-0.39, 0.29) is 11.8 Å². The molecule has 1 saturated heterocycles. The molecule has 5 heteroatoms. The molecule has 0 bridgehead atoms. The van der Waals surface area contributed by atoms with Crippen LogP contribution in [0.5, 0.6) is 0 Å². The molecule has 1 aliphatic heterocycles. The van der Waals surface area contributed by atoms with Crippen molar-refractivity contribution in [3.63, 3.8) is 0 Å². The van der Waals surface area contributed by atoms with E-state index in [4.69, 9.17) is 5.73 Å². The van der Waals surface area contributed by atoms with E-state index >= 15 is 0 Å². The molecule has 1 fully saturated rings. The Balaban J connectivity index is 2.52. The Kier molecular flexibility index (Phi) is 3.92. The molecule has 0 aromatic heterocycles. The lowest BCUT2D eigenvalue weighted by Crippen LogP contribution is -2.43. The van der Waals surface area contributed by atoms with Gasteiger partial charge in [0.25, 0.3) is 0 Å². The molecular weight excluding hydrogens is 200 g/mol. The molecule has 84 valence electrons. The van der Waals surface area contributed by atoms with Crippen molar-refractivity contribution < 1.29 is 8.42 Å². The lowest BCUT2D eigenvalue weighted by atomic mass is 9.92. The molecule has 0 aromatic rings. The molecule has 1 rings (SSSR count). The quantitative estimate of drug-likeness (QED) is 0.748. The van der Waals surface area contributed by atoms with Crippen LogP contribution < -0.4 is 5.73 Å². The number of nitrogens with two attached hydrogens (primary N) is 1. The summed E-state index contributed by atoms with van der Waals surface area (Å²) in [4.78, 5) is 0. The van der Waals surface area contributed by atoms with Gasteiger partial charge in [-0.1, -0.05) is 0 Å². The minimum Gasteiger partial charge on any atom is -0.328 e. The van der Waals surface area contributed by atoms with Gasteiger partial charge in [-0.25, -0.2) is 12.7 Å². The van der Waals surface area contributed by atoms with Crippen molar-refractivity contribution in [1.29, 1.82) is 0 Å². The van der Waals surface area contributed by atoms with E-state index in [2.05, 4.69) is 0 Å². The lowest BCUT2D eigenvalue weighted by Gasteiger charge is -2.32. The third kappa shape index (κ3) is 2.68. The first kappa shape index (κ1) is 11.9. The van der Waals surface area contributed by atoms with Gasteiger partial charge in [0.1, 0.15) is 0 Å². The Bertz CT molecular complexity index is 267. The molecule has 1 heterocycles. The summed E-state index contributed by atoms with van der Waals surface area (Å²) in [6.45, 7) is 4.96. The average Bonchev–Trinajstić information content (AvgIpc) is 2.18. The van der Waals surface area contributed by atoms with Gasteiger partial charge < -0.3 is 5.73 Å². The van der Waals surface area contributed by atoms with E-state index in [9.17, 15) is 8.42 Å². The van der Waals surface area contributed by atoms with Crippen LogP contribution >= 0.6 is 0 Å². The van der Waals surface area contributed by atoms with E-state index in [0.29, 0.717) is 19.0 Å². The Morgan fingerprint density at radius 2 is 1.93 bits per heavy atom. The Hall–Kier alpha value is -0.130. The predicted octanol–water partition coefficient (Wildman–Crippen LogP) is 0.395. The second-order valence-corrected chi connectivity index (χ2v) is 6.25. The maximum Gasteiger partial charge on any atom is 0.213 e. The van der Waals surface area contributed by atoms with E-state index in [0.717, 1.165) is 12.8 Å². The first-order valence-corrected chi connectivity index (χ1v) is 6.81. The molecule has 1 unspecified atom stereocenters. The van der Waals surface area contributed by atoms with Crippen LogP contribution in [0.15, 0.2) is 0 Å². The number of sulfonamides is 1. The zero-order chi connectivity index (χ0) is 10.8. The van der Waals surface area contributed by atoms with Crippen LogP contribution in [0.2, 0.25) is 0 Å². The molecule has 0 radical (unpaired) electrons. The Morgan fingerprint density at radius 3 is 2.29 bits per heavy atom. The first-order valence-electron chi connectivity index (χ1n) is 5.20. The van der Waals surface area contributed by atoms with Gasteiger partial charge in [0.15, 0.2) is 0 Å². The highest BCUT2D eigenvalue weighted by Gasteiger charge is 2.27. The summed E-state index contributed by atoms with van der Waals surface area (Å²) >= 11 is 0. The lowest BCUT2D eigenvalue weighted by molar-refractivity contribution is 0.251. The van der Waals surface area contributed by atoms with E-state index in [1.54, 1.807) is 11.2 Å². The zero-order valence-corrected chi connectivity index (χ0v) is 9.76. The SMILES string of the molecule is CCS(=O)(=O)N1CCC(C(C)N)CC1. The van der Waals surface area contributed by atoms with Gasteiger partial charge in [-0.3, -0.25) is 0 Å². The average molecular weight is 220 g/mol. The fourth-order valence-corrected chi connectivity index (χ4v) is 2.99. The number of hydrogen-bond donors (Lipinski definition) is 1. The Labute approximate surface area is 86.5 Å². The van der Waals surface area contributed by atoms with Gasteiger partial charge in [-0.05, 0) is 32.6 Å². The molecule has 0 spiro atoms. The molecular formula is C9H20N2O2S. The molecule has 1 aliphatic rings. The maximum atomic E-state index is 11.5. The molecule has 2 N–H and O–H groups in total. The normalized spacial score (nSPS) is 23.6. The number of piperidine rings is 1. The van der Waals surface area contributed by atoms with Crippen LogP contribution in [0.1, 0.15) is 26.7 Å². The van der Waals surface area contributed by atoms with Gasteiger partial charge >= 0.3 is 0 Å². The van der Waals surface area contributed by atoms with Crippen LogP contribution in [0, 0.1) is 5.92 Å².